The van der Waals surface area contributed by atoms with Gasteiger partial charge in [0.05, 0.1) is 5.69 Å². The van der Waals surface area contributed by atoms with Crippen LogP contribution in [0.5, 0.6) is 0 Å². The lowest BCUT2D eigenvalue weighted by molar-refractivity contribution is 0.717. The molecule has 0 aromatic carbocycles. The molecule has 0 N–H and O–H groups in total. The summed E-state index contributed by atoms with van der Waals surface area (Å²) in [4.78, 5) is 7.26. The summed E-state index contributed by atoms with van der Waals surface area (Å²) in [6.45, 7) is 11.8. The Hall–Kier alpha value is -2.03. The number of hydrogen-bond donors (Lipinski definition) is 0. The predicted molar refractivity (Wildman–Crippen MR) is 89.3 cm³/mol. The Kier molecular flexibility index (Phi) is 3.36. The summed E-state index contributed by atoms with van der Waals surface area (Å²) in [7, 11) is 0. The molecule has 0 unspecified atom stereocenters. The quantitative estimate of drug-likeness (QED) is 0.828. The van der Waals surface area contributed by atoms with Crippen LogP contribution in [0, 0.1) is 20.8 Å². The number of hydrogen-bond acceptors (Lipinski definition) is 2. The summed E-state index contributed by atoms with van der Waals surface area (Å²) >= 11 is 0. The zero-order valence-electron chi connectivity index (χ0n) is 13.5. The molecule has 0 amide bonds. The van der Waals surface area contributed by atoms with E-state index in [4.69, 9.17) is 4.98 Å². The van der Waals surface area contributed by atoms with Crippen molar-refractivity contribution in [1.29, 1.82) is 0 Å². The van der Waals surface area contributed by atoms with Crippen LogP contribution in [0.15, 0.2) is 24.3 Å². The molecular weight excluding hydrogens is 258 g/mol. The molecule has 3 heteroatoms. The summed E-state index contributed by atoms with van der Waals surface area (Å²) in [5, 5.41) is 0. The van der Waals surface area contributed by atoms with Crippen molar-refractivity contribution >= 4 is 11.8 Å². The molecule has 0 atom stereocenters. The average Bonchev–Trinajstić information content (AvgIpc) is 2.77. The lowest BCUT2D eigenvalue weighted by atomic mass is 10.1. The van der Waals surface area contributed by atoms with Crippen molar-refractivity contribution in [1.82, 2.24) is 9.55 Å². The van der Waals surface area contributed by atoms with Gasteiger partial charge in [0, 0.05) is 41.3 Å². The highest BCUT2D eigenvalue weighted by Crippen LogP contribution is 2.31. The molecule has 2 aromatic heterocycles. The van der Waals surface area contributed by atoms with Gasteiger partial charge in [-0.2, -0.15) is 0 Å². The molecule has 3 nitrogen and oxygen atoms in total. The molecule has 0 saturated carbocycles. The van der Waals surface area contributed by atoms with Gasteiger partial charge in [0.15, 0.2) is 0 Å². The van der Waals surface area contributed by atoms with Crippen molar-refractivity contribution < 1.29 is 0 Å². The second-order valence-electron chi connectivity index (χ2n) is 6.10. The minimum absolute atomic E-state index is 0.482. The highest BCUT2D eigenvalue weighted by molar-refractivity contribution is 5.74. The minimum atomic E-state index is 0.482. The van der Waals surface area contributed by atoms with Crippen LogP contribution in [0.25, 0.3) is 11.9 Å². The van der Waals surface area contributed by atoms with E-state index in [1.54, 1.807) is 0 Å². The van der Waals surface area contributed by atoms with E-state index in [2.05, 4.69) is 74.4 Å². The Bertz CT molecular complexity index is 688. The molecule has 0 saturated heterocycles. The Morgan fingerprint density at radius 1 is 1.10 bits per heavy atom. The van der Waals surface area contributed by atoms with E-state index >= 15 is 0 Å². The lowest BCUT2D eigenvalue weighted by Crippen LogP contribution is -2.33. The molecule has 0 radical (unpaired) electrons. The summed E-state index contributed by atoms with van der Waals surface area (Å²) in [5.74, 6) is 1.02. The van der Waals surface area contributed by atoms with Gasteiger partial charge >= 0.3 is 0 Å². The zero-order valence-corrected chi connectivity index (χ0v) is 13.5. The fourth-order valence-electron chi connectivity index (χ4n) is 3.11. The second-order valence-corrected chi connectivity index (χ2v) is 6.10. The maximum atomic E-state index is 4.83. The smallest absolute Gasteiger partial charge is 0.139 e. The third-order valence-electron chi connectivity index (χ3n) is 4.23. The van der Waals surface area contributed by atoms with Crippen LogP contribution in [0.2, 0.25) is 0 Å². The first kappa shape index (κ1) is 13.9. The van der Waals surface area contributed by atoms with Gasteiger partial charge in [0.1, 0.15) is 5.82 Å². The summed E-state index contributed by atoms with van der Waals surface area (Å²) in [6.07, 6.45) is 4.43. The highest BCUT2D eigenvalue weighted by Gasteiger charge is 2.20. The van der Waals surface area contributed by atoms with E-state index in [-0.39, 0.29) is 0 Å². The van der Waals surface area contributed by atoms with Crippen molar-refractivity contribution in [3.8, 4) is 5.82 Å². The third-order valence-corrected chi connectivity index (χ3v) is 4.23. The number of pyridine rings is 1. The fourth-order valence-corrected chi connectivity index (χ4v) is 3.11. The molecule has 0 aliphatic carbocycles. The van der Waals surface area contributed by atoms with Gasteiger partial charge in [0.25, 0.3) is 0 Å². The van der Waals surface area contributed by atoms with E-state index in [9.17, 15) is 0 Å². The van der Waals surface area contributed by atoms with Gasteiger partial charge in [-0.05, 0) is 46.8 Å². The molecule has 0 spiro atoms. The number of aryl methyl sites for hydroxylation is 3. The summed E-state index contributed by atoms with van der Waals surface area (Å²) in [6, 6.07) is 7.00. The minimum Gasteiger partial charge on any atom is -0.365 e. The number of aromatic nitrogens is 2. The van der Waals surface area contributed by atoms with E-state index in [0.717, 1.165) is 18.1 Å². The first-order chi connectivity index (χ1) is 9.99. The van der Waals surface area contributed by atoms with Crippen LogP contribution in [0.1, 0.15) is 36.5 Å². The SMILES string of the molecule is Cc1nc(-n2c(C)ccc2C)cc2c1C=CCN2C(C)C. The maximum Gasteiger partial charge on any atom is 0.139 e. The lowest BCUT2D eigenvalue weighted by Gasteiger charge is -2.33. The molecule has 1 aliphatic rings. The maximum absolute atomic E-state index is 4.83. The number of anilines is 1. The first-order valence-electron chi connectivity index (χ1n) is 7.59. The van der Waals surface area contributed by atoms with Crippen molar-refractivity contribution in [3.63, 3.8) is 0 Å². The van der Waals surface area contributed by atoms with E-state index in [0.29, 0.717) is 6.04 Å². The van der Waals surface area contributed by atoms with Gasteiger partial charge in [-0.1, -0.05) is 12.2 Å². The molecule has 0 fully saturated rings. The predicted octanol–water partition coefficient (Wildman–Crippen LogP) is 4.04. The number of rotatable bonds is 2. The number of fused-ring (bicyclic) bond motifs is 1. The van der Waals surface area contributed by atoms with Gasteiger partial charge in [0.2, 0.25) is 0 Å². The van der Waals surface area contributed by atoms with Crippen LogP contribution in [-0.2, 0) is 0 Å². The standard InChI is InChI=1S/C18H23N3/c1-12(2)20-10-6-7-16-15(5)19-18(11-17(16)20)21-13(3)8-9-14(21)4/h6-9,11-12H,10H2,1-5H3. The van der Waals surface area contributed by atoms with Crippen LogP contribution in [0.3, 0.4) is 0 Å². The van der Waals surface area contributed by atoms with Crippen molar-refractivity contribution in [3.05, 3.63) is 46.9 Å². The van der Waals surface area contributed by atoms with Gasteiger partial charge < -0.3 is 9.47 Å². The van der Waals surface area contributed by atoms with Crippen LogP contribution >= 0.6 is 0 Å². The Balaban J connectivity index is 2.21. The third kappa shape index (κ3) is 2.27. The Labute approximate surface area is 126 Å². The zero-order chi connectivity index (χ0) is 15.1. The summed E-state index contributed by atoms with van der Waals surface area (Å²) < 4.78 is 2.23. The highest BCUT2D eigenvalue weighted by atomic mass is 15.2. The van der Waals surface area contributed by atoms with Crippen LogP contribution < -0.4 is 4.90 Å². The molecule has 0 bridgehead atoms. The molecule has 3 rings (SSSR count). The summed E-state index contributed by atoms with van der Waals surface area (Å²) in [5.41, 5.74) is 6.09. The van der Waals surface area contributed by atoms with Crippen molar-refractivity contribution in [2.45, 2.75) is 40.7 Å². The topological polar surface area (TPSA) is 21.1 Å². The normalized spacial score (nSPS) is 13.9. The van der Waals surface area contributed by atoms with E-state index < -0.39 is 0 Å². The Morgan fingerprint density at radius 2 is 1.76 bits per heavy atom. The van der Waals surface area contributed by atoms with Gasteiger partial charge in [-0.15, -0.1) is 0 Å². The van der Waals surface area contributed by atoms with Crippen LogP contribution in [0.4, 0.5) is 5.69 Å². The fraction of sp³-hybridized carbons (Fsp3) is 0.389. The molecular formula is C18H23N3. The van der Waals surface area contributed by atoms with Gasteiger partial charge in [-0.25, -0.2) is 4.98 Å². The van der Waals surface area contributed by atoms with Crippen molar-refractivity contribution in [2.24, 2.45) is 0 Å². The molecule has 3 heterocycles. The van der Waals surface area contributed by atoms with Crippen LogP contribution in [-0.4, -0.2) is 22.1 Å². The first-order valence-corrected chi connectivity index (χ1v) is 7.59. The Morgan fingerprint density at radius 3 is 2.38 bits per heavy atom. The number of nitrogens with zero attached hydrogens (tertiary/aromatic N) is 3. The molecule has 1 aliphatic heterocycles. The average molecular weight is 281 g/mol. The largest absolute Gasteiger partial charge is 0.365 e. The van der Waals surface area contributed by atoms with Crippen molar-refractivity contribution in [2.75, 3.05) is 11.4 Å². The van der Waals surface area contributed by atoms with E-state index in [1.165, 1.54) is 22.6 Å². The molecule has 21 heavy (non-hydrogen) atoms. The molecule has 2 aromatic rings. The molecule has 110 valence electrons. The van der Waals surface area contributed by atoms with E-state index in [1.807, 2.05) is 0 Å². The monoisotopic (exact) mass is 281 g/mol. The van der Waals surface area contributed by atoms with Gasteiger partial charge in [-0.3, -0.25) is 0 Å². The second kappa shape index (κ2) is 5.06.